The predicted octanol–water partition coefficient (Wildman–Crippen LogP) is 4.70. The fraction of sp³-hybridized carbons (Fsp3) is 0.419. The Morgan fingerprint density at radius 1 is 1.19 bits per heavy atom. The van der Waals surface area contributed by atoms with Gasteiger partial charge in [-0.2, -0.15) is 5.26 Å². The van der Waals surface area contributed by atoms with E-state index in [1.54, 1.807) is 0 Å². The zero-order valence-electron chi connectivity index (χ0n) is 23.9. The van der Waals surface area contributed by atoms with Gasteiger partial charge in [0.2, 0.25) is 12.3 Å². The number of hydrazine groups is 1. The van der Waals surface area contributed by atoms with Crippen molar-refractivity contribution in [3.8, 4) is 6.07 Å². The summed E-state index contributed by atoms with van der Waals surface area (Å²) in [7, 11) is 1.38. The molecule has 4 rings (SSSR count). The number of benzene rings is 2. The molecule has 12 heteroatoms. The maximum Gasteiger partial charge on any atom is 0.246 e. The maximum atomic E-state index is 14.3. The molecule has 1 unspecified atom stereocenters. The minimum Gasteiger partial charge on any atom is -0.380 e. The number of ether oxygens (including phenoxy) is 1. The Kier molecular flexibility index (Phi) is 11.5. The average Bonchev–Trinajstić information content (AvgIpc) is 2.99. The number of amides is 2. The van der Waals surface area contributed by atoms with Crippen LogP contribution in [-0.4, -0.2) is 61.0 Å². The first-order valence-corrected chi connectivity index (χ1v) is 13.8. The van der Waals surface area contributed by atoms with Crippen molar-refractivity contribution in [3.05, 3.63) is 82.2 Å². The van der Waals surface area contributed by atoms with E-state index in [9.17, 15) is 32.8 Å². The molecule has 0 saturated heterocycles. The van der Waals surface area contributed by atoms with Crippen molar-refractivity contribution in [2.45, 2.75) is 56.5 Å². The molecule has 230 valence electrons. The normalized spacial score (nSPS) is 22.0. The lowest BCUT2D eigenvalue weighted by atomic mass is 9.69. The van der Waals surface area contributed by atoms with Crippen molar-refractivity contribution in [1.82, 2.24) is 15.3 Å². The lowest BCUT2D eigenvalue weighted by Gasteiger charge is -2.43. The van der Waals surface area contributed by atoms with E-state index in [2.05, 4.69) is 11.4 Å². The van der Waals surface area contributed by atoms with Crippen LogP contribution in [0.5, 0.6) is 0 Å². The van der Waals surface area contributed by atoms with Gasteiger partial charge >= 0.3 is 0 Å². The zero-order chi connectivity index (χ0) is 30.4. The number of rotatable bonds is 11. The van der Waals surface area contributed by atoms with E-state index in [1.165, 1.54) is 14.0 Å². The molecule has 2 aromatic rings. The molecule has 1 atom stereocenters. The molecule has 0 spiro atoms. The lowest BCUT2D eigenvalue weighted by molar-refractivity contribution is -0.162. The van der Waals surface area contributed by atoms with Gasteiger partial charge in [-0.3, -0.25) is 19.4 Å². The van der Waals surface area contributed by atoms with E-state index in [1.807, 2.05) is 30.3 Å². The standard InChI is InChI=1S/C31H33F3N4O4.ClH/c1-20(40)28-22(17-42-2)16-27(41)38(30(28)21-14-25(32)29(34)26(33)15-21)37(19-39)13-12-36-24-8-10-31(18-35,11-9-24)23-6-4-3-5-7-23;/h3-7,14-15,19,24,30,36H,8-13,16-17H2,1-2H3;1H/t24-,30?,31+;. The number of nitriles is 1. The van der Waals surface area contributed by atoms with Gasteiger partial charge in [-0.05, 0) is 61.4 Å². The molecule has 0 aromatic heterocycles. The second-order valence-electron chi connectivity index (χ2n) is 10.7. The number of nitrogens with zero attached hydrogens (tertiary/aromatic N) is 3. The van der Waals surface area contributed by atoms with Gasteiger partial charge in [0.05, 0.1) is 31.1 Å². The summed E-state index contributed by atoms with van der Waals surface area (Å²) in [6.45, 7) is 1.42. The van der Waals surface area contributed by atoms with Crippen LogP contribution in [0, 0.1) is 28.8 Å². The minimum absolute atomic E-state index is 0. The summed E-state index contributed by atoms with van der Waals surface area (Å²) >= 11 is 0. The highest BCUT2D eigenvalue weighted by Crippen LogP contribution is 2.40. The molecule has 1 aliphatic carbocycles. The highest BCUT2D eigenvalue weighted by atomic mass is 35.5. The molecule has 2 amide bonds. The molecular weight excluding hydrogens is 585 g/mol. The first-order valence-electron chi connectivity index (χ1n) is 13.8. The first kappa shape index (κ1) is 33.8. The first-order chi connectivity index (χ1) is 20.2. The summed E-state index contributed by atoms with van der Waals surface area (Å²) in [4.78, 5) is 38.5. The van der Waals surface area contributed by atoms with Crippen molar-refractivity contribution >= 4 is 30.5 Å². The van der Waals surface area contributed by atoms with E-state index in [0.29, 0.717) is 24.8 Å². The van der Waals surface area contributed by atoms with Crippen LogP contribution in [0.15, 0.2) is 53.6 Å². The van der Waals surface area contributed by atoms with Crippen molar-refractivity contribution in [2.75, 3.05) is 26.8 Å². The molecule has 8 nitrogen and oxygen atoms in total. The zero-order valence-corrected chi connectivity index (χ0v) is 24.8. The van der Waals surface area contributed by atoms with Gasteiger partial charge in [0.25, 0.3) is 0 Å². The van der Waals surface area contributed by atoms with Crippen LogP contribution in [0.2, 0.25) is 0 Å². The van der Waals surface area contributed by atoms with Gasteiger partial charge < -0.3 is 10.1 Å². The highest BCUT2D eigenvalue weighted by Gasteiger charge is 2.41. The van der Waals surface area contributed by atoms with E-state index in [0.717, 1.165) is 40.6 Å². The number of carbonyl (C=O) groups excluding carboxylic acids is 3. The molecule has 2 aromatic carbocycles. The second kappa shape index (κ2) is 14.6. The molecule has 1 fully saturated rings. The Morgan fingerprint density at radius 2 is 1.81 bits per heavy atom. The number of hydrogen-bond donors (Lipinski definition) is 1. The Bertz CT molecular complexity index is 1380. The molecule has 0 radical (unpaired) electrons. The molecule has 43 heavy (non-hydrogen) atoms. The smallest absolute Gasteiger partial charge is 0.246 e. The van der Waals surface area contributed by atoms with Gasteiger partial charge in [-0.25, -0.2) is 18.2 Å². The van der Waals surface area contributed by atoms with Gasteiger partial charge in [0, 0.05) is 25.3 Å². The van der Waals surface area contributed by atoms with Crippen LogP contribution >= 0.6 is 12.4 Å². The SMILES string of the molecule is COCC1=C(C(C)=O)C(c2cc(F)c(F)c(F)c2)N(N(C=O)CCN[C@H]2CC[C@@](C#N)(c3ccccc3)CC2)C(=O)C1.Cl. The Morgan fingerprint density at radius 3 is 2.35 bits per heavy atom. The van der Waals surface area contributed by atoms with Crippen LogP contribution in [0.3, 0.4) is 0 Å². The molecule has 2 aliphatic rings. The van der Waals surface area contributed by atoms with E-state index in [-0.39, 0.29) is 55.7 Å². The topological polar surface area (TPSA) is 103 Å². The van der Waals surface area contributed by atoms with Crippen molar-refractivity contribution in [1.29, 1.82) is 5.26 Å². The fourth-order valence-electron chi connectivity index (χ4n) is 6.03. The third-order valence-electron chi connectivity index (χ3n) is 8.09. The number of carbonyl (C=O) groups is 3. The number of methoxy groups -OCH3 is 1. The fourth-order valence-corrected chi connectivity index (χ4v) is 6.03. The van der Waals surface area contributed by atoms with Gasteiger partial charge in [-0.1, -0.05) is 30.3 Å². The number of ketones is 1. The predicted molar refractivity (Wildman–Crippen MR) is 154 cm³/mol. The Balaban J connectivity index is 0.00000506. The summed E-state index contributed by atoms with van der Waals surface area (Å²) in [5.41, 5.74) is 0.592. The second-order valence-corrected chi connectivity index (χ2v) is 10.7. The Hall–Kier alpha value is -3.72. The van der Waals surface area contributed by atoms with E-state index >= 15 is 0 Å². The maximum absolute atomic E-state index is 14.3. The number of halogens is 4. The third-order valence-corrected chi connectivity index (χ3v) is 8.09. The van der Waals surface area contributed by atoms with Crippen LogP contribution in [-0.2, 0) is 24.5 Å². The number of nitrogens with one attached hydrogen (secondary N) is 1. The third kappa shape index (κ3) is 7.09. The van der Waals surface area contributed by atoms with Crippen molar-refractivity contribution in [3.63, 3.8) is 0 Å². The van der Waals surface area contributed by atoms with Crippen LogP contribution in [0.25, 0.3) is 0 Å². The number of hydrogen-bond acceptors (Lipinski definition) is 6. The van der Waals surface area contributed by atoms with Crippen molar-refractivity contribution in [2.24, 2.45) is 0 Å². The lowest BCUT2D eigenvalue weighted by Crippen LogP contribution is -2.53. The van der Waals surface area contributed by atoms with Gasteiger partial charge in [0.1, 0.15) is 6.04 Å². The molecule has 0 bridgehead atoms. The summed E-state index contributed by atoms with van der Waals surface area (Å²) in [6, 6.07) is 12.3. The summed E-state index contributed by atoms with van der Waals surface area (Å²) in [5.74, 6) is -5.73. The molecule has 1 N–H and O–H groups in total. The van der Waals surface area contributed by atoms with E-state index in [4.69, 9.17) is 4.74 Å². The average molecular weight is 619 g/mol. The molecular formula is C31H34ClF3N4O4. The quantitative estimate of drug-likeness (QED) is 0.289. The van der Waals surface area contributed by atoms with Gasteiger partial charge in [-0.15, -0.1) is 12.4 Å². The number of Topliss-reactive ketones (excluding diaryl/α,β-unsaturated/α-hetero) is 1. The molecule has 1 heterocycles. The van der Waals surface area contributed by atoms with E-state index < -0.39 is 40.6 Å². The summed E-state index contributed by atoms with van der Waals surface area (Å²) in [5, 5.41) is 15.4. The molecule has 1 aliphatic heterocycles. The van der Waals surface area contributed by atoms with Crippen LogP contribution < -0.4 is 5.32 Å². The van der Waals surface area contributed by atoms with Crippen LogP contribution in [0.1, 0.15) is 56.2 Å². The highest BCUT2D eigenvalue weighted by molar-refractivity contribution is 5.99. The monoisotopic (exact) mass is 618 g/mol. The largest absolute Gasteiger partial charge is 0.380 e. The van der Waals surface area contributed by atoms with Gasteiger partial charge in [0.15, 0.2) is 23.2 Å². The minimum atomic E-state index is -1.69. The van der Waals surface area contributed by atoms with Crippen molar-refractivity contribution < 1.29 is 32.3 Å². The molecule has 1 saturated carbocycles. The van der Waals surface area contributed by atoms with Crippen LogP contribution in [0.4, 0.5) is 13.2 Å². The Labute approximate surface area is 254 Å². The summed E-state index contributed by atoms with van der Waals surface area (Å²) in [6.07, 6.45) is 2.93. The summed E-state index contributed by atoms with van der Waals surface area (Å²) < 4.78 is 47.6.